The number of hydrogen-bond donors (Lipinski definition) is 0. The summed E-state index contributed by atoms with van der Waals surface area (Å²) in [7, 11) is 0. The van der Waals surface area contributed by atoms with Crippen LogP contribution in [-0.4, -0.2) is 90.4 Å². The van der Waals surface area contributed by atoms with Gasteiger partial charge in [0.2, 0.25) is 0 Å². The molecule has 2 aromatic heterocycles. The Morgan fingerprint density at radius 3 is 2.28 bits per heavy atom. The molecule has 0 unspecified atom stereocenters. The molecular weight excluding hydrogens is 370 g/mol. The van der Waals surface area contributed by atoms with Gasteiger partial charge in [0.05, 0.1) is 23.7 Å². The molecule has 2 aliphatic rings. The molecule has 0 aromatic carbocycles. The van der Waals surface area contributed by atoms with Gasteiger partial charge in [-0.1, -0.05) is 6.92 Å². The molecule has 0 aliphatic carbocycles. The van der Waals surface area contributed by atoms with E-state index >= 15 is 0 Å². The number of piperazine rings is 2. The normalized spacial score (nSPS) is 18.2. The first-order valence-corrected chi connectivity index (χ1v) is 10.2. The summed E-state index contributed by atoms with van der Waals surface area (Å²) in [5, 5.41) is 0. The summed E-state index contributed by atoms with van der Waals surface area (Å²) in [4.78, 5) is 37.9. The highest BCUT2D eigenvalue weighted by Crippen LogP contribution is 2.19. The lowest BCUT2D eigenvalue weighted by Crippen LogP contribution is -2.50. The molecule has 0 spiro atoms. The van der Waals surface area contributed by atoms with Crippen LogP contribution < -0.4 is 4.90 Å². The zero-order valence-corrected chi connectivity index (χ0v) is 16.8. The van der Waals surface area contributed by atoms with Crippen molar-refractivity contribution in [1.29, 1.82) is 0 Å². The van der Waals surface area contributed by atoms with Crippen molar-refractivity contribution in [3.63, 3.8) is 0 Å². The minimum Gasteiger partial charge on any atom is -0.459 e. The number of carbonyl (C=O) groups is 2. The third-order valence-corrected chi connectivity index (χ3v) is 5.74. The summed E-state index contributed by atoms with van der Waals surface area (Å²) in [6.45, 7) is 9.20. The number of anilines is 1. The molecule has 2 saturated heterocycles. The first kappa shape index (κ1) is 19.4. The number of aromatic nitrogens is 1. The lowest BCUT2D eigenvalue weighted by atomic mass is 10.2. The molecule has 0 N–H and O–H groups in total. The molecule has 0 atom stereocenters. The van der Waals surface area contributed by atoms with Gasteiger partial charge in [0.25, 0.3) is 11.8 Å². The summed E-state index contributed by atoms with van der Waals surface area (Å²) < 4.78 is 5.19. The number of nitrogens with zero attached hydrogens (tertiary/aromatic N) is 5. The van der Waals surface area contributed by atoms with Crippen LogP contribution in [0, 0.1) is 0 Å². The van der Waals surface area contributed by atoms with Crippen molar-refractivity contribution < 1.29 is 14.0 Å². The first-order chi connectivity index (χ1) is 14.2. The molecule has 8 heteroatoms. The second-order valence-corrected chi connectivity index (χ2v) is 7.41. The number of rotatable bonds is 4. The van der Waals surface area contributed by atoms with Gasteiger partial charge in [0, 0.05) is 58.6 Å². The minimum absolute atomic E-state index is 0.0309. The maximum atomic E-state index is 13.0. The fourth-order valence-corrected chi connectivity index (χ4v) is 3.89. The molecule has 2 amide bonds. The average molecular weight is 397 g/mol. The van der Waals surface area contributed by atoms with Crippen LogP contribution in [0.4, 0.5) is 5.69 Å². The summed E-state index contributed by atoms with van der Waals surface area (Å²) in [5.74, 6) is 0.179. The van der Waals surface area contributed by atoms with E-state index in [9.17, 15) is 9.59 Å². The van der Waals surface area contributed by atoms with E-state index in [1.807, 2.05) is 12.3 Å². The Hall–Kier alpha value is -2.87. The molecule has 0 bridgehead atoms. The second-order valence-electron chi connectivity index (χ2n) is 7.41. The number of furan rings is 1. The summed E-state index contributed by atoms with van der Waals surface area (Å²) in [6.07, 6.45) is 4.96. The molecule has 29 heavy (non-hydrogen) atoms. The monoisotopic (exact) mass is 397 g/mol. The zero-order chi connectivity index (χ0) is 20.2. The molecule has 0 saturated carbocycles. The van der Waals surface area contributed by atoms with Crippen LogP contribution in [0.2, 0.25) is 0 Å². The molecule has 154 valence electrons. The van der Waals surface area contributed by atoms with Crippen LogP contribution >= 0.6 is 0 Å². The summed E-state index contributed by atoms with van der Waals surface area (Å²) in [6, 6.07) is 5.31. The second kappa shape index (κ2) is 8.65. The van der Waals surface area contributed by atoms with Crippen LogP contribution in [0.15, 0.2) is 41.3 Å². The first-order valence-electron chi connectivity index (χ1n) is 10.2. The number of carbonyl (C=O) groups excluding carboxylic acids is 2. The Labute approximate surface area is 170 Å². The SMILES string of the molecule is CCN1CCN(c2cncc(C(=O)N3CCN(C(=O)c4ccco4)CC3)c2)CC1. The maximum Gasteiger partial charge on any atom is 0.289 e. The molecule has 8 nitrogen and oxygen atoms in total. The lowest BCUT2D eigenvalue weighted by Gasteiger charge is -2.36. The lowest BCUT2D eigenvalue weighted by molar-refractivity contribution is 0.0518. The van der Waals surface area contributed by atoms with Gasteiger partial charge < -0.3 is 24.0 Å². The topological polar surface area (TPSA) is 73.1 Å². The van der Waals surface area contributed by atoms with E-state index < -0.39 is 0 Å². The fourth-order valence-electron chi connectivity index (χ4n) is 3.89. The Kier molecular flexibility index (Phi) is 5.80. The van der Waals surface area contributed by atoms with Gasteiger partial charge in [0.1, 0.15) is 0 Å². The van der Waals surface area contributed by atoms with Crippen molar-refractivity contribution in [2.75, 3.05) is 63.8 Å². The van der Waals surface area contributed by atoms with Gasteiger partial charge in [-0.2, -0.15) is 0 Å². The van der Waals surface area contributed by atoms with E-state index in [0.717, 1.165) is 38.4 Å². The standard InChI is InChI=1S/C21H27N5O3/c1-2-23-5-7-24(8-6-23)18-14-17(15-22-16-18)20(27)25-9-11-26(12-10-25)21(28)19-4-3-13-29-19/h3-4,13-16H,2,5-12H2,1H3. The van der Waals surface area contributed by atoms with Gasteiger partial charge in [-0.3, -0.25) is 14.6 Å². The molecule has 2 aliphatic heterocycles. The van der Waals surface area contributed by atoms with Crippen molar-refractivity contribution in [3.8, 4) is 0 Å². The maximum absolute atomic E-state index is 13.0. The summed E-state index contributed by atoms with van der Waals surface area (Å²) >= 11 is 0. The molecule has 2 aromatic rings. The Bertz CT molecular complexity index is 838. The molecule has 4 heterocycles. The summed E-state index contributed by atoms with van der Waals surface area (Å²) in [5.41, 5.74) is 1.60. The molecule has 0 radical (unpaired) electrons. The van der Waals surface area contributed by atoms with Gasteiger partial charge in [0.15, 0.2) is 5.76 Å². The number of pyridine rings is 1. The quantitative estimate of drug-likeness (QED) is 0.777. The third-order valence-electron chi connectivity index (χ3n) is 5.74. The predicted octanol–water partition coefficient (Wildman–Crippen LogP) is 1.41. The highest BCUT2D eigenvalue weighted by molar-refractivity contribution is 5.95. The van der Waals surface area contributed by atoms with Crippen LogP contribution in [-0.2, 0) is 0 Å². The Morgan fingerprint density at radius 1 is 0.966 bits per heavy atom. The van der Waals surface area contributed by atoms with Crippen molar-refractivity contribution in [2.24, 2.45) is 0 Å². The van der Waals surface area contributed by atoms with Crippen molar-refractivity contribution in [3.05, 3.63) is 48.2 Å². The number of hydrogen-bond acceptors (Lipinski definition) is 6. The van der Waals surface area contributed by atoms with Crippen molar-refractivity contribution in [1.82, 2.24) is 19.7 Å². The van der Waals surface area contributed by atoms with Crippen LogP contribution in [0.1, 0.15) is 27.8 Å². The Balaban J connectivity index is 1.36. The van der Waals surface area contributed by atoms with E-state index in [4.69, 9.17) is 4.42 Å². The highest BCUT2D eigenvalue weighted by atomic mass is 16.3. The van der Waals surface area contributed by atoms with E-state index in [2.05, 4.69) is 21.7 Å². The highest BCUT2D eigenvalue weighted by Gasteiger charge is 2.27. The van der Waals surface area contributed by atoms with E-state index in [1.165, 1.54) is 6.26 Å². The van der Waals surface area contributed by atoms with Gasteiger partial charge in [-0.05, 0) is 24.7 Å². The average Bonchev–Trinajstić information content (AvgIpc) is 3.33. The fraction of sp³-hybridized carbons (Fsp3) is 0.476. The van der Waals surface area contributed by atoms with Crippen molar-refractivity contribution in [2.45, 2.75) is 6.92 Å². The number of likely N-dealkylation sites (N-methyl/N-ethyl adjacent to an activating group) is 1. The van der Waals surface area contributed by atoms with E-state index in [1.54, 1.807) is 28.1 Å². The smallest absolute Gasteiger partial charge is 0.289 e. The number of amides is 2. The Morgan fingerprint density at radius 2 is 1.66 bits per heavy atom. The van der Waals surface area contributed by atoms with E-state index in [-0.39, 0.29) is 11.8 Å². The van der Waals surface area contributed by atoms with E-state index in [0.29, 0.717) is 37.5 Å². The van der Waals surface area contributed by atoms with Gasteiger partial charge >= 0.3 is 0 Å². The van der Waals surface area contributed by atoms with Crippen LogP contribution in [0.25, 0.3) is 0 Å². The largest absolute Gasteiger partial charge is 0.459 e. The van der Waals surface area contributed by atoms with Crippen LogP contribution in [0.3, 0.4) is 0 Å². The molecule has 2 fully saturated rings. The van der Waals surface area contributed by atoms with Crippen LogP contribution in [0.5, 0.6) is 0 Å². The third kappa shape index (κ3) is 4.27. The van der Waals surface area contributed by atoms with Gasteiger partial charge in [-0.25, -0.2) is 0 Å². The molecule has 4 rings (SSSR count). The zero-order valence-electron chi connectivity index (χ0n) is 16.8. The predicted molar refractivity (Wildman–Crippen MR) is 109 cm³/mol. The van der Waals surface area contributed by atoms with Crippen molar-refractivity contribution >= 4 is 17.5 Å². The molecular formula is C21H27N5O3. The minimum atomic E-state index is -0.128. The van der Waals surface area contributed by atoms with Gasteiger partial charge in [-0.15, -0.1) is 0 Å².